The first kappa shape index (κ1) is 12.8. The molecule has 0 saturated heterocycles. The van der Waals surface area contributed by atoms with Crippen LogP contribution in [0.4, 0.5) is 0 Å². The normalized spacial score (nSPS) is 10.6. The summed E-state index contributed by atoms with van der Waals surface area (Å²) in [4.78, 5) is 15.6. The Balaban J connectivity index is 1.83. The third-order valence-electron chi connectivity index (χ3n) is 2.32. The second kappa shape index (κ2) is 5.79. The molecule has 2 aromatic rings. The van der Waals surface area contributed by atoms with Gasteiger partial charge < -0.3 is 14.5 Å². The molecule has 1 N–H and O–H groups in total. The van der Waals surface area contributed by atoms with E-state index >= 15 is 0 Å². The number of hydrogen-bond donors (Lipinski definition) is 1. The average molecular weight is 266 g/mol. The average Bonchev–Trinajstić information content (AvgIpc) is 2.98. The SMILES string of the molecule is COC(=O)c1coc(CNCc2nc(C)cs2)c1. The summed E-state index contributed by atoms with van der Waals surface area (Å²) in [5.74, 6) is 0.309. The van der Waals surface area contributed by atoms with E-state index in [1.807, 2.05) is 12.3 Å². The molecular weight excluding hydrogens is 252 g/mol. The van der Waals surface area contributed by atoms with Crippen LogP contribution in [0, 0.1) is 6.92 Å². The highest BCUT2D eigenvalue weighted by molar-refractivity contribution is 7.09. The fourth-order valence-electron chi connectivity index (χ4n) is 1.47. The smallest absolute Gasteiger partial charge is 0.341 e. The number of esters is 1. The molecular formula is C12H14N2O3S. The van der Waals surface area contributed by atoms with Crippen molar-refractivity contribution in [3.05, 3.63) is 39.7 Å². The molecule has 0 amide bonds. The molecule has 0 fully saturated rings. The highest BCUT2D eigenvalue weighted by Gasteiger charge is 2.09. The third-order valence-corrected chi connectivity index (χ3v) is 3.28. The Labute approximate surface area is 109 Å². The van der Waals surface area contributed by atoms with Gasteiger partial charge in [-0.15, -0.1) is 11.3 Å². The van der Waals surface area contributed by atoms with E-state index in [2.05, 4.69) is 15.0 Å². The quantitative estimate of drug-likeness (QED) is 0.840. The zero-order chi connectivity index (χ0) is 13.0. The summed E-state index contributed by atoms with van der Waals surface area (Å²) in [5, 5.41) is 6.25. The molecule has 0 radical (unpaired) electrons. The zero-order valence-corrected chi connectivity index (χ0v) is 11.0. The molecule has 96 valence electrons. The number of carbonyl (C=O) groups excluding carboxylic acids is 1. The van der Waals surface area contributed by atoms with Crippen LogP contribution in [0.5, 0.6) is 0 Å². The van der Waals surface area contributed by atoms with Gasteiger partial charge in [-0.1, -0.05) is 0 Å². The Morgan fingerprint density at radius 2 is 2.39 bits per heavy atom. The van der Waals surface area contributed by atoms with Crippen molar-refractivity contribution in [2.24, 2.45) is 0 Å². The minimum absolute atomic E-state index is 0.388. The van der Waals surface area contributed by atoms with Gasteiger partial charge in [0.25, 0.3) is 0 Å². The summed E-state index contributed by atoms with van der Waals surface area (Å²) in [7, 11) is 1.35. The predicted octanol–water partition coefficient (Wildman–Crippen LogP) is 2.12. The van der Waals surface area contributed by atoms with Gasteiger partial charge >= 0.3 is 5.97 Å². The van der Waals surface area contributed by atoms with Crippen molar-refractivity contribution in [3.63, 3.8) is 0 Å². The van der Waals surface area contributed by atoms with Crippen LogP contribution in [0.1, 0.15) is 26.8 Å². The van der Waals surface area contributed by atoms with Crippen molar-refractivity contribution in [2.75, 3.05) is 7.11 Å². The topological polar surface area (TPSA) is 64.4 Å². The van der Waals surface area contributed by atoms with Crippen molar-refractivity contribution in [1.82, 2.24) is 10.3 Å². The Bertz CT molecular complexity index is 533. The van der Waals surface area contributed by atoms with Gasteiger partial charge in [-0.25, -0.2) is 9.78 Å². The Hall–Kier alpha value is -1.66. The molecule has 2 rings (SSSR count). The molecule has 0 aliphatic heterocycles. The van der Waals surface area contributed by atoms with Crippen LogP contribution in [0.3, 0.4) is 0 Å². The summed E-state index contributed by atoms with van der Waals surface area (Å²) in [6.07, 6.45) is 1.40. The molecule has 2 aromatic heterocycles. The molecule has 5 nitrogen and oxygen atoms in total. The number of furan rings is 1. The molecule has 0 aliphatic carbocycles. The molecule has 0 aromatic carbocycles. The number of ether oxygens (including phenoxy) is 1. The molecule has 0 bridgehead atoms. The maximum Gasteiger partial charge on any atom is 0.341 e. The van der Waals surface area contributed by atoms with E-state index in [4.69, 9.17) is 4.42 Å². The lowest BCUT2D eigenvalue weighted by Gasteiger charge is -1.98. The summed E-state index contributed by atoms with van der Waals surface area (Å²) in [6.45, 7) is 3.21. The van der Waals surface area contributed by atoms with Crippen molar-refractivity contribution in [1.29, 1.82) is 0 Å². The Morgan fingerprint density at radius 3 is 3.06 bits per heavy atom. The molecule has 0 unspecified atom stereocenters. The van der Waals surface area contributed by atoms with E-state index in [1.165, 1.54) is 13.4 Å². The van der Waals surface area contributed by atoms with E-state index in [1.54, 1.807) is 17.4 Å². The van der Waals surface area contributed by atoms with Crippen LogP contribution < -0.4 is 5.32 Å². The number of carbonyl (C=O) groups is 1. The van der Waals surface area contributed by atoms with Gasteiger partial charge in [0.1, 0.15) is 17.0 Å². The van der Waals surface area contributed by atoms with Crippen LogP contribution in [-0.4, -0.2) is 18.1 Å². The summed E-state index contributed by atoms with van der Waals surface area (Å²) >= 11 is 1.62. The zero-order valence-electron chi connectivity index (χ0n) is 10.2. The third kappa shape index (κ3) is 3.18. The number of methoxy groups -OCH3 is 1. The van der Waals surface area contributed by atoms with Crippen LogP contribution in [0.25, 0.3) is 0 Å². The number of hydrogen-bond acceptors (Lipinski definition) is 6. The second-order valence-corrected chi connectivity index (χ2v) is 4.72. The van der Waals surface area contributed by atoms with Gasteiger partial charge in [0.05, 0.1) is 19.2 Å². The first-order valence-corrected chi connectivity index (χ1v) is 6.34. The maximum atomic E-state index is 11.2. The molecule has 0 spiro atoms. The number of aryl methyl sites for hydroxylation is 1. The standard InChI is InChI=1S/C12H14N2O3S/c1-8-7-18-11(14-8)5-13-4-10-3-9(6-17-10)12(15)16-2/h3,6-7,13H,4-5H2,1-2H3. The predicted molar refractivity (Wildman–Crippen MR) is 67.4 cm³/mol. The van der Waals surface area contributed by atoms with Gasteiger partial charge in [0.15, 0.2) is 0 Å². The highest BCUT2D eigenvalue weighted by Crippen LogP contribution is 2.10. The maximum absolute atomic E-state index is 11.2. The van der Waals surface area contributed by atoms with Gasteiger partial charge in [-0.3, -0.25) is 0 Å². The fourth-order valence-corrected chi connectivity index (χ4v) is 2.22. The van der Waals surface area contributed by atoms with Crippen LogP contribution in [0.15, 0.2) is 22.1 Å². The summed E-state index contributed by atoms with van der Waals surface area (Å²) in [5.41, 5.74) is 1.46. The first-order chi connectivity index (χ1) is 8.69. The van der Waals surface area contributed by atoms with Gasteiger partial charge in [-0.2, -0.15) is 0 Å². The Kier molecular flexibility index (Phi) is 4.11. The van der Waals surface area contributed by atoms with E-state index in [9.17, 15) is 4.79 Å². The van der Waals surface area contributed by atoms with E-state index < -0.39 is 0 Å². The van der Waals surface area contributed by atoms with Crippen molar-refractivity contribution >= 4 is 17.3 Å². The van der Waals surface area contributed by atoms with E-state index in [0.29, 0.717) is 24.4 Å². The molecule has 18 heavy (non-hydrogen) atoms. The first-order valence-electron chi connectivity index (χ1n) is 5.46. The molecule has 6 heteroatoms. The van der Waals surface area contributed by atoms with Crippen LogP contribution in [-0.2, 0) is 17.8 Å². The highest BCUT2D eigenvalue weighted by atomic mass is 32.1. The number of nitrogens with one attached hydrogen (secondary N) is 1. The van der Waals surface area contributed by atoms with Crippen LogP contribution in [0.2, 0.25) is 0 Å². The molecule has 0 atom stereocenters. The number of aromatic nitrogens is 1. The van der Waals surface area contributed by atoms with Crippen molar-refractivity contribution in [3.8, 4) is 0 Å². The lowest BCUT2D eigenvalue weighted by atomic mass is 10.3. The number of nitrogens with zero attached hydrogens (tertiary/aromatic N) is 1. The van der Waals surface area contributed by atoms with Gasteiger partial charge in [-0.05, 0) is 13.0 Å². The molecule has 0 aliphatic rings. The van der Waals surface area contributed by atoms with E-state index in [-0.39, 0.29) is 5.97 Å². The van der Waals surface area contributed by atoms with Gasteiger partial charge in [0, 0.05) is 17.6 Å². The molecule has 0 saturated carbocycles. The van der Waals surface area contributed by atoms with Crippen LogP contribution >= 0.6 is 11.3 Å². The number of thiazole rings is 1. The fraction of sp³-hybridized carbons (Fsp3) is 0.333. The lowest BCUT2D eigenvalue weighted by Crippen LogP contribution is -2.12. The molecule has 2 heterocycles. The Morgan fingerprint density at radius 1 is 1.56 bits per heavy atom. The van der Waals surface area contributed by atoms with Crippen molar-refractivity contribution < 1.29 is 13.9 Å². The van der Waals surface area contributed by atoms with E-state index in [0.717, 1.165) is 10.7 Å². The monoisotopic (exact) mass is 266 g/mol. The number of rotatable bonds is 5. The summed E-state index contributed by atoms with van der Waals surface area (Å²) < 4.78 is 9.85. The largest absolute Gasteiger partial charge is 0.467 e. The van der Waals surface area contributed by atoms with Crippen molar-refractivity contribution in [2.45, 2.75) is 20.0 Å². The van der Waals surface area contributed by atoms with Gasteiger partial charge in [0.2, 0.25) is 0 Å². The minimum Gasteiger partial charge on any atom is -0.467 e. The lowest BCUT2D eigenvalue weighted by molar-refractivity contribution is 0.0600. The minimum atomic E-state index is -0.388. The summed E-state index contributed by atoms with van der Waals surface area (Å²) in [6, 6.07) is 1.67. The second-order valence-electron chi connectivity index (χ2n) is 3.78.